The van der Waals surface area contributed by atoms with Gasteiger partial charge < -0.3 is 15.5 Å². The van der Waals surface area contributed by atoms with Crippen LogP contribution in [0, 0.1) is 24.5 Å². The van der Waals surface area contributed by atoms with Crippen molar-refractivity contribution in [3.8, 4) is 0 Å². The van der Waals surface area contributed by atoms with Gasteiger partial charge in [-0.2, -0.15) is 8.78 Å². The van der Waals surface area contributed by atoms with Gasteiger partial charge >= 0.3 is 5.92 Å². The Morgan fingerprint density at radius 3 is 2.27 bits per heavy atom. The third-order valence-electron chi connectivity index (χ3n) is 7.14. The van der Waals surface area contributed by atoms with E-state index in [0.29, 0.717) is 25.5 Å². The third-order valence-corrected chi connectivity index (χ3v) is 7.14. The highest BCUT2D eigenvalue weighted by atomic mass is 19.3. The first-order valence-corrected chi connectivity index (χ1v) is 12.4. The number of carbonyl (C=O) groups is 3. The fourth-order valence-electron chi connectivity index (χ4n) is 5.23. The summed E-state index contributed by atoms with van der Waals surface area (Å²) in [6, 6.07) is 5.19. The van der Waals surface area contributed by atoms with Crippen molar-refractivity contribution in [1.82, 2.24) is 10.2 Å². The van der Waals surface area contributed by atoms with Crippen molar-refractivity contribution in [3.05, 3.63) is 64.7 Å². The largest absolute Gasteiger partial charge is 0.356 e. The number of nitrogens with one attached hydrogen (secondary N) is 2. The van der Waals surface area contributed by atoms with E-state index in [1.54, 1.807) is 0 Å². The zero-order valence-electron chi connectivity index (χ0n) is 20.6. The van der Waals surface area contributed by atoms with Gasteiger partial charge in [0, 0.05) is 35.8 Å². The van der Waals surface area contributed by atoms with Gasteiger partial charge in [-0.3, -0.25) is 14.4 Å². The quantitative estimate of drug-likeness (QED) is 0.510. The van der Waals surface area contributed by atoms with E-state index in [9.17, 15) is 23.2 Å². The Morgan fingerprint density at radius 2 is 1.65 bits per heavy atom. The molecule has 4 rings (SSSR count). The molecule has 2 aromatic carbocycles. The number of fused-ring (bicyclic) bond motifs is 2. The lowest BCUT2D eigenvalue weighted by Crippen LogP contribution is -2.53. The summed E-state index contributed by atoms with van der Waals surface area (Å²) in [7, 11) is 0. The van der Waals surface area contributed by atoms with Crippen LogP contribution in [0.15, 0.2) is 36.4 Å². The summed E-state index contributed by atoms with van der Waals surface area (Å²) >= 11 is 0. The average Bonchev–Trinajstić information content (AvgIpc) is 3.12. The highest BCUT2D eigenvalue weighted by molar-refractivity contribution is 6.04. The molecule has 2 bridgehead atoms. The molecule has 3 amide bonds. The second-order valence-electron chi connectivity index (χ2n) is 9.74. The van der Waals surface area contributed by atoms with Crippen LogP contribution >= 0.6 is 0 Å². The number of benzene rings is 2. The zero-order chi connectivity index (χ0) is 26.9. The first-order valence-electron chi connectivity index (χ1n) is 12.4. The number of nitrogens with zero attached hydrogens (tertiary/aromatic N) is 1. The number of halogens is 4. The zero-order valence-corrected chi connectivity index (χ0v) is 20.6. The molecule has 2 aliphatic rings. The summed E-state index contributed by atoms with van der Waals surface area (Å²) < 4.78 is 59.0. The van der Waals surface area contributed by atoms with Gasteiger partial charge in [-0.25, -0.2) is 8.78 Å². The molecule has 2 saturated heterocycles. The van der Waals surface area contributed by atoms with Gasteiger partial charge in [-0.05, 0) is 81.0 Å². The molecule has 2 aromatic rings. The second kappa shape index (κ2) is 10.5. The Bertz CT molecular complexity index is 1210. The number of anilines is 1. The van der Waals surface area contributed by atoms with E-state index in [1.807, 2.05) is 6.92 Å². The molecule has 37 heavy (non-hydrogen) atoms. The number of alkyl halides is 2. The van der Waals surface area contributed by atoms with Crippen LogP contribution in [0.1, 0.15) is 60.5 Å². The lowest BCUT2D eigenvalue weighted by Gasteiger charge is -2.40. The molecule has 2 heterocycles. The van der Waals surface area contributed by atoms with Crippen molar-refractivity contribution in [3.63, 3.8) is 0 Å². The van der Waals surface area contributed by atoms with Crippen LogP contribution in [0.3, 0.4) is 0 Å². The van der Waals surface area contributed by atoms with Crippen molar-refractivity contribution < 1.29 is 31.9 Å². The van der Waals surface area contributed by atoms with Crippen molar-refractivity contribution in [1.29, 1.82) is 0 Å². The number of piperidine rings is 1. The van der Waals surface area contributed by atoms with Crippen LogP contribution in [0.2, 0.25) is 0 Å². The van der Waals surface area contributed by atoms with Crippen LogP contribution in [-0.4, -0.2) is 41.2 Å². The van der Waals surface area contributed by atoms with E-state index in [2.05, 4.69) is 10.6 Å². The molecule has 198 valence electrons. The number of amides is 3. The fraction of sp³-hybridized carbons (Fsp3) is 0.444. The maximum Gasteiger partial charge on any atom is 0.352 e. The minimum Gasteiger partial charge on any atom is -0.356 e. The standard InChI is InChI=1S/C27H29F4N3O3/c1-3-10-32-24(35)17-12-19-6-7-20(13-17)34(19)26(37)27(30,31)21-14-16(4-8-23(21)29)25(36)33-18-5-9-22(28)15(2)11-18/h4-5,8-9,11,14,17,19-20H,3,6-7,10,12-13H2,1-2H3,(H,32,35)(H,33,36)/t17?,19-,20?/m1/s1. The Morgan fingerprint density at radius 1 is 1.00 bits per heavy atom. The van der Waals surface area contributed by atoms with Crippen LogP contribution in [0.4, 0.5) is 23.2 Å². The van der Waals surface area contributed by atoms with Gasteiger partial charge in [0.05, 0.1) is 5.56 Å². The summed E-state index contributed by atoms with van der Waals surface area (Å²) in [4.78, 5) is 39.3. The van der Waals surface area contributed by atoms with Gasteiger partial charge in [-0.1, -0.05) is 6.92 Å². The molecule has 0 aliphatic carbocycles. The number of aryl methyl sites for hydroxylation is 1. The Hall–Kier alpha value is -3.43. The second-order valence-corrected chi connectivity index (χ2v) is 9.74. The van der Waals surface area contributed by atoms with E-state index in [4.69, 9.17) is 0 Å². The third kappa shape index (κ3) is 5.33. The predicted octanol–water partition coefficient (Wildman–Crippen LogP) is 4.91. The molecule has 2 aliphatic heterocycles. The molecule has 0 radical (unpaired) electrons. The van der Waals surface area contributed by atoms with Gasteiger partial charge in [0.15, 0.2) is 0 Å². The van der Waals surface area contributed by atoms with Gasteiger partial charge in [0.25, 0.3) is 11.8 Å². The highest BCUT2D eigenvalue weighted by Crippen LogP contribution is 2.43. The molecule has 6 nitrogen and oxygen atoms in total. The fourth-order valence-corrected chi connectivity index (χ4v) is 5.23. The molecule has 2 N–H and O–H groups in total. The van der Waals surface area contributed by atoms with E-state index < -0.39 is 47.0 Å². The summed E-state index contributed by atoms with van der Waals surface area (Å²) in [6.45, 7) is 3.95. The number of carbonyl (C=O) groups excluding carboxylic acids is 3. The van der Waals surface area contributed by atoms with Gasteiger partial charge in [-0.15, -0.1) is 0 Å². The van der Waals surface area contributed by atoms with E-state index in [0.717, 1.165) is 29.5 Å². The summed E-state index contributed by atoms with van der Waals surface area (Å²) in [6.07, 6.45) is 2.30. The average molecular weight is 520 g/mol. The van der Waals surface area contributed by atoms with E-state index >= 15 is 8.78 Å². The molecular weight excluding hydrogens is 490 g/mol. The normalized spacial score (nSPS) is 21.0. The summed E-state index contributed by atoms with van der Waals surface area (Å²) in [5.74, 6) is -8.84. The number of hydrogen-bond donors (Lipinski definition) is 2. The molecule has 3 atom stereocenters. The lowest BCUT2D eigenvalue weighted by atomic mass is 9.89. The Balaban J connectivity index is 1.52. The Kier molecular flexibility index (Phi) is 7.57. The molecule has 0 spiro atoms. The number of rotatable bonds is 7. The maximum atomic E-state index is 15.5. The van der Waals surface area contributed by atoms with Gasteiger partial charge in [0.1, 0.15) is 11.6 Å². The summed E-state index contributed by atoms with van der Waals surface area (Å²) in [5.41, 5.74) is -0.959. The first kappa shape index (κ1) is 26.6. The topological polar surface area (TPSA) is 78.5 Å². The van der Waals surface area contributed by atoms with Crippen molar-refractivity contribution in [2.45, 2.75) is 64.0 Å². The Labute approximate surface area is 212 Å². The molecule has 2 unspecified atom stereocenters. The van der Waals surface area contributed by atoms with Crippen LogP contribution in [0.25, 0.3) is 0 Å². The van der Waals surface area contributed by atoms with Crippen molar-refractivity contribution in [2.24, 2.45) is 5.92 Å². The molecule has 0 saturated carbocycles. The van der Waals surface area contributed by atoms with Crippen LogP contribution in [-0.2, 0) is 15.5 Å². The monoisotopic (exact) mass is 519 g/mol. The smallest absolute Gasteiger partial charge is 0.352 e. The molecular formula is C27H29F4N3O3. The van der Waals surface area contributed by atoms with E-state index in [-0.39, 0.29) is 41.5 Å². The van der Waals surface area contributed by atoms with E-state index in [1.165, 1.54) is 19.1 Å². The molecule has 0 aromatic heterocycles. The SMILES string of the molecule is CCCNC(=O)C1CC2CC[C@H](C1)N2C(=O)C(F)(F)c1cc(C(=O)Nc2ccc(F)c(C)c2)ccc1F. The van der Waals surface area contributed by atoms with Crippen molar-refractivity contribution in [2.75, 3.05) is 11.9 Å². The maximum absolute atomic E-state index is 15.5. The highest BCUT2D eigenvalue weighted by Gasteiger charge is 2.54. The predicted molar refractivity (Wildman–Crippen MR) is 129 cm³/mol. The molecule has 2 fully saturated rings. The van der Waals surface area contributed by atoms with Crippen molar-refractivity contribution >= 4 is 23.4 Å². The number of hydrogen-bond acceptors (Lipinski definition) is 3. The van der Waals surface area contributed by atoms with Crippen LogP contribution in [0.5, 0.6) is 0 Å². The molecule has 10 heteroatoms. The van der Waals surface area contributed by atoms with Crippen LogP contribution < -0.4 is 10.6 Å². The minimum absolute atomic E-state index is 0.140. The first-order chi connectivity index (χ1) is 17.5. The van der Waals surface area contributed by atoms with Gasteiger partial charge in [0.2, 0.25) is 5.91 Å². The summed E-state index contributed by atoms with van der Waals surface area (Å²) in [5, 5.41) is 5.29. The lowest BCUT2D eigenvalue weighted by molar-refractivity contribution is -0.165. The minimum atomic E-state index is -4.22.